The number of ketones is 1. The summed E-state index contributed by atoms with van der Waals surface area (Å²) in [4.78, 5) is 15.4. The summed E-state index contributed by atoms with van der Waals surface area (Å²) in [5.74, 6) is 2.93. The van der Waals surface area contributed by atoms with Crippen LogP contribution in [0.2, 0.25) is 0 Å². The van der Waals surface area contributed by atoms with Gasteiger partial charge in [-0.05, 0) is 115 Å². The third-order valence-electron chi connectivity index (χ3n) is 11.7. The summed E-state index contributed by atoms with van der Waals surface area (Å²) in [5, 5.41) is 0. The molecule has 4 aliphatic carbocycles. The molecule has 0 bridgehead atoms. The van der Waals surface area contributed by atoms with Crippen molar-refractivity contribution in [2.45, 2.75) is 155 Å². The third-order valence-corrected chi connectivity index (χ3v) is 11.7. The van der Waals surface area contributed by atoms with Gasteiger partial charge in [0, 0.05) is 24.0 Å². The van der Waals surface area contributed by atoms with Gasteiger partial charge in [-0.15, -0.1) is 0 Å². The lowest BCUT2D eigenvalue weighted by molar-refractivity contribution is -0.159. The molecule has 208 valence electrons. The van der Waals surface area contributed by atoms with Crippen molar-refractivity contribution in [2.75, 3.05) is 13.2 Å². The Hall–Kier alpha value is -0.410. The number of hydrogen-bond acceptors (Lipinski definition) is 3. The smallest absolute Gasteiger partial charge is 0.145 e. The Kier molecular flexibility index (Phi) is 10.4. The van der Waals surface area contributed by atoms with Gasteiger partial charge in [-0.1, -0.05) is 52.4 Å². The molecular weight excluding hydrogens is 444 g/mol. The molecule has 0 aromatic carbocycles. The maximum Gasteiger partial charge on any atom is 0.145 e. The summed E-state index contributed by atoms with van der Waals surface area (Å²) in [6.07, 6.45) is 23.2. The molecule has 0 radical (unpaired) electrons. The second-order valence-corrected chi connectivity index (χ2v) is 13.4. The number of carbonyl (C=O) groups excluding carboxylic acids is 1. The Balaban J connectivity index is 1.64. The van der Waals surface area contributed by atoms with E-state index in [0.29, 0.717) is 41.7 Å². The zero-order chi connectivity index (χ0) is 25.6. The zero-order valence-corrected chi connectivity index (χ0v) is 24.3. The summed E-state index contributed by atoms with van der Waals surface area (Å²) >= 11 is 0. The molecule has 0 aliphatic heterocycles. The van der Waals surface area contributed by atoms with E-state index < -0.39 is 0 Å². The molecule has 0 N–H and O–H groups in total. The zero-order valence-electron chi connectivity index (χ0n) is 24.3. The largest absolute Gasteiger partial charge is 0.379 e. The Bertz CT molecular complexity index is 606. The Morgan fingerprint density at radius 3 is 1.14 bits per heavy atom. The first-order valence-electron chi connectivity index (χ1n) is 16.2. The fraction of sp³-hybridized carbons (Fsp3) is 0.970. The second-order valence-electron chi connectivity index (χ2n) is 13.4. The van der Waals surface area contributed by atoms with Crippen LogP contribution >= 0.6 is 0 Å². The minimum Gasteiger partial charge on any atom is -0.379 e. The topological polar surface area (TPSA) is 35.5 Å². The van der Waals surface area contributed by atoms with Crippen LogP contribution in [-0.2, 0) is 14.3 Å². The fourth-order valence-electron chi connectivity index (χ4n) is 9.52. The van der Waals surface area contributed by atoms with E-state index >= 15 is 4.79 Å². The molecule has 0 spiro atoms. The lowest BCUT2D eigenvalue weighted by Crippen LogP contribution is -2.56. The predicted molar refractivity (Wildman–Crippen MR) is 149 cm³/mol. The van der Waals surface area contributed by atoms with Crippen LogP contribution in [0.15, 0.2) is 0 Å². The van der Waals surface area contributed by atoms with Crippen molar-refractivity contribution in [1.29, 1.82) is 0 Å². The minimum atomic E-state index is -0.166. The molecule has 0 aromatic rings. The monoisotopic (exact) mass is 502 g/mol. The van der Waals surface area contributed by atoms with Gasteiger partial charge in [0.25, 0.3) is 0 Å². The average molecular weight is 503 g/mol. The highest BCUT2D eigenvalue weighted by molar-refractivity contribution is 5.91. The summed E-state index contributed by atoms with van der Waals surface area (Å²) < 4.78 is 12.1. The van der Waals surface area contributed by atoms with E-state index in [4.69, 9.17) is 9.47 Å². The van der Waals surface area contributed by atoms with Gasteiger partial charge >= 0.3 is 0 Å². The Labute approximate surface area is 223 Å². The quantitative estimate of drug-likeness (QED) is 0.299. The van der Waals surface area contributed by atoms with Crippen molar-refractivity contribution in [3.63, 3.8) is 0 Å². The number of rotatable bonds is 10. The second kappa shape index (κ2) is 13.1. The van der Waals surface area contributed by atoms with Crippen LogP contribution < -0.4 is 0 Å². The van der Waals surface area contributed by atoms with E-state index in [2.05, 4.69) is 27.7 Å². The van der Waals surface area contributed by atoms with Crippen molar-refractivity contribution >= 4 is 5.78 Å². The number of hydrogen-bond donors (Lipinski definition) is 0. The van der Waals surface area contributed by atoms with Gasteiger partial charge in [0.2, 0.25) is 0 Å². The highest BCUT2D eigenvalue weighted by Crippen LogP contribution is 2.58. The molecule has 36 heavy (non-hydrogen) atoms. The summed E-state index contributed by atoms with van der Waals surface area (Å²) in [7, 11) is 0. The number of Topliss-reactive ketones (excluding diaryl/α,β-unsaturated/α-hetero) is 1. The molecule has 4 fully saturated rings. The third kappa shape index (κ3) is 5.93. The lowest BCUT2D eigenvalue weighted by Gasteiger charge is -2.55. The molecule has 0 aromatic heterocycles. The van der Waals surface area contributed by atoms with E-state index in [1.807, 2.05) is 0 Å². The van der Waals surface area contributed by atoms with Crippen LogP contribution in [-0.4, -0.2) is 31.2 Å². The highest BCUT2D eigenvalue weighted by Gasteiger charge is 2.58. The van der Waals surface area contributed by atoms with Gasteiger partial charge < -0.3 is 9.47 Å². The first-order valence-corrected chi connectivity index (χ1v) is 16.2. The van der Waals surface area contributed by atoms with Crippen molar-refractivity contribution in [3.05, 3.63) is 0 Å². The normalized spacial score (nSPS) is 34.6. The first-order chi connectivity index (χ1) is 17.4. The lowest BCUT2D eigenvalue weighted by atomic mass is 9.48. The van der Waals surface area contributed by atoms with E-state index in [1.54, 1.807) is 0 Å². The van der Waals surface area contributed by atoms with Gasteiger partial charge in [0.05, 0.1) is 12.2 Å². The molecule has 0 amide bonds. The number of carbonyl (C=O) groups is 1. The Morgan fingerprint density at radius 2 is 0.833 bits per heavy atom. The molecule has 0 saturated heterocycles. The predicted octanol–water partition coefficient (Wildman–Crippen LogP) is 8.92. The molecule has 4 aliphatic rings. The average Bonchev–Trinajstić information content (AvgIpc) is 2.94. The van der Waals surface area contributed by atoms with Gasteiger partial charge in [-0.25, -0.2) is 0 Å². The molecule has 4 saturated carbocycles. The molecule has 2 atom stereocenters. The number of ether oxygens (including phenoxy) is 2. The van der Waals surface area contributed by atoms with Crippen molar-refractivity contribution < 1.29 is 14.3 Å². The standard InChI is InChI=1S/C33H58O3/c1-5-35-29-21-17-27(18-22-29)32(3,25-13-9-7-10-14-25)31(34)33(4,26-15-11-8-12-16-26)28-19-23-30(24-20-28)36-6-2/h25-30H,5-24H2,1-4H3/t27-,28-,29-,30-,32?,33?. The molecule has 3 heteroatoms. The van der Waals surface area contributed by atoms with Gasteiger partial charge in [0.1, 0.15) is 5.78 Å². The highest BCUT2D eigenvalue weighted by atomic mass is 16.5. The van der Waals surface area contributed by atoms with Crippen molar-refractivity contribution in [1.82, 2.24) is 0 Å². The van der Waals surface area contributed by atoms with E-state index in [9.17, 15) is 0 Å². The van der Waals surface area contributed by atoms with Crippen LogP contribution in [0.4, 0.5) is 0 Å². The minimum absolute atomic E-state index is 0.166. The van der Waals surface area contributed by atoms with Gasteiger partial charge in [-0.2, -0.15) is 0 Å². The molecule has 3 nitrogen and oxygen atoms in total. The summed E-state index contributed by atoms with van der Waals surface area (Å²) in [6, 6.07) is 0. The summed E-state index contributed by atoms with van der Waals surface area (Å²) in [5.41, 5.74) is -0.332. The fourth-order valence-corrected chi connectivity index (χ4v) is 9.52. The van der Waals surface area contributed by atoms with Crippen LogP contribution in [0, 0.1) is 34.5 Å². The van der Waals surface area contributed by atoms with Crippen molar-refractivity contribution in [2.24, 2.45) is 34.5 Å². The van der Waals surface area contributed by atoms with Gasteiger partial charge in [-0.3, -0.25) is 4.79 Å². The van der Waals surface area contributed by atoms with Crippen LogP contribution in [0.3, 0.4) is 0 Å². The van der Waals surface area contributed by atoms with E-state index in [1.165, 1.54) is 89.9 Å². The SMILES string of the molecule is CCO[C@H]1CC[C@H](C(C)(C(=O)C(C)(C2CCCCC2)[C@H]2CC[C@H](OCC)CC2)C2CCCCC2)CC1. The van der Waals surface area contributed by atoms with E-state index in [-0.39, 0.29) is 10.8 Å². The molecule has 4 rings (SSSR count). The summed E-state index contributed by atoms with van der Waals surface area (Å²) in [6.45, 7) is 10.8. The first kappa shape index (κ1) is 28.6. The molecule has 2 unspecified atom stereocenters. The maximum atomic E-state index is 15.4. The molecule has 0 heterocycles. The van der Waals surface area contributed by atoms with Crippen molar-refractivity contribution in [3.8, 4) is 0 Å². The Morgan fingerprint density at radius 1 is 0.528 bits per heavy atom. The van der Waals surface area contributed by atoms with Gasteiger partial charge in [0.15, 0.2) is 0 Å². The van der Waals surface area contributed by atoms with Crippen LogP contribution in [0.1, 0.15) is 143 Å². The maximum absolute atomic E-state index is 15.4. The van der Waals surface area contributed by atoms with E-state index in [0.717, 1.165) is 38.9 Å². The van der Waals surface area contributed by atoms with Crippen LogP contribution in [0.25, 0.3) is 0 Å². The molecular formula is C33H58O3. The van der Waals surface area contributed by atoms with Crippen LogP contribution in [0.5, 0.6) is 0 Å².